The molecule has 0 bridgehead atoms. The number of carbonyl (C=O) groups excluding carboxylic acids is 2. The first kappa shape index (κ1) is 23.1. The van der Waals surface area contributed by atoms with Gasteiger partial charge in [0.1, 0.15) is 6.07 Å². The van der Waals surface area contributed by atoms with E-state index in [-0.39, 0.29) is 30.0 Å². The zero-order chi connectivity index (χ0) is 25.4. The van der Waals surface area contributed by atoms with Crippen molar-refractivity contribution in [2.24, 2.45) is 0 Å². The zero-order valence-corrected chi connectivity index (χ0v) is 18.6. The van der Waals surface area contributed by atoms with Crippen molar-refractivity contribution in [2.45, 2.75) is 6.18 Å². The molecule has 2 amide bonds. The third-order valence-corrected chi connectivity index (χ3v) is 6.06. The van der Waals surface area contributed by atoms with Crippen molar-refractivity contribution in [1.82, 2.24) is 15.1 Å². The summed E-state index contributed by atoms with van der Waals surface area (Å²) in [5, 5.41) is 23.5. The standard InChI is InChI=1S/C24H18F3N7O2/c25-24(26,27)17-6-2-1-5-15(17)23(36)34-10-8-33(9-11-34)19-12-16-21(32-31-19)30-20-14(13-28)4-3-7-18(20)29-22(16)35/h1-7,12H,8-11H2,(H,29,35)(H,30,32). The van der Waals surface area contributed by atoms with E-state index in [1.807, 2.05) is 0 Å². The van der Waals surface area contributed by atoms with Crippen LogP contribution in [-0.4, -0.2) is 53.1 Å². The van der Waals surface area contributed by atoms with Crippen LogP contribution < -0.4 is 15.5 Å². The van der Waals surface area contributed by atoms with Crippen LogP contribution >= 0.6 is 0 Å². The molecule has 0 aliphatic carbocycles. The van der Waals surface area contributed by atoms with Crippen molar-refractivity contribution in [3.05, 3.63) is 70.8 Å². The van der Waals surface area contributed by atoms with E-state index in [9.17, 15) is 28.0 Å². The summed E-state index contributed by atoms with van der Waals surface area (Å²) in [6.07, 6.45) is -4.63. The Balaban J connectivity index is 1.33. The lowest BCUT2D eigenvalue weighted by atomic mass is 10.1. The minimum absolute atomic E-state index is 0.172. The maximum absolute atomic E-state index is 13.3. The van der Waals surface area contributed by atoms with Crippen molar-refractivity contribution < 1.29 is 22.8 Å². The summed E-state index contributed by atoms with van der Waals surface area (Å²) in [4.78, 5) is 28.9. The molecule has 9 nitrogen and oxygen atoms in total. The monoisotopic (exact) mass is 493 g/mol. The molecule has 0 atom stereocenters. The largest absolute Gasteiger partial charge is 0.417 e. The summed E-state index contributed by atoms with van der Waals surface area (Å²) in [6.45, 7) is 0.929. The van der Waals surface area contributed by atoms with Crippen molar-refractivity contribution in [1.29, 1.82) is 5.26 Å². The quantitative estimate of drug-likeness (QED) is 0.560. The van der Waals surface area contributed by atoms with Gasteiger partial charge in [-0.15, -0.1) is 10.2 Å². The Bertz CT molecular complexity index is 1410. The van der Waals surface area contributed by atoms with Gasteiger partial charge >= 0.3 is 6.18 Å². The second kappa shape index (κ2) is 8.84. The molecule has 0 saturated carbocycles. The molecule has 0 spiro atoms. The predicted octanol–water partition coefficient (Wildman–Crippen LogP) is 3.64. The Kier molecular flexibility index (Phi) is 5.68. The number of nitrogens with one attached hydrogen (secondary N) is 2. The number of carbonyl (C=O) groups is 2. The minimum atomic E-state index is -4.63. The van der Waals surface area contributed by atoms with Gasteiger partial charge < -0.3 is 20.4 Å². The van der Waals surface area contributed by atoms with E-state index in [2.05, 4.69) is 26.9 Å². The maximum atomic E-state index is 13.3. The number of piperazine rings is 1. The topological polar surface area (TPSA) is 114 Å². The van der Waals surface area contributed by atoms with Crippen molar-refractivity contribution in [3.8, 4) is 6.07 Å². The van der Waals surface area contributed by atoms with Crippen LogP contribution in [-0.2, 0) is 6.18 Å². The van der Waals surface area contributed by atoms with E-state index in [0.717, 1.165) is 6.07 Å². The highest BCUT2D eigenvalue weighted by atomic mass is 19.4. The number of fused-ring (bicyclic) bond motifs is 2. The number of hydrogen-bond donors (Lipinski definition) is 2. The first-order valence-electron chi connectivity index (χ1n) is 11.0. The molecule has 0 unspecified atom stereocenters. The molecule has 3 aromatic rings. The number of halogens is 3. The highest BCUT2D eigenvalue weighted by molar-refractivity contribution is 6.12. The second-order valence-corrected chi connectivity index (χ2v) is 8.21. The van der Waals surface area contributed by atoms with Gasteiger partial charge in [0.15, 0.2) is 11.6 Å². The fraction of sp³-hybridized carbons (Fsp3) is 0.208. The van der Waals surface area contributed by atoms with Crippen LogP contribution in [0.4, 0.5) is 36.2 Å². The fourth-order valence-corrected chi connectivity index (χ4v) is 4.22. The van der Waals surface area contributed by atoms with Gasteiger partial charge in [0, 0.05) is 26.2 Å². The molecule has 2 aliphatic heterocycles. The van der Waals surface area contributed by atoms with E-state index >= 15 is 0 Å². The van der Waals surface area contributed by atoms with Gasteiger partial charge in [-0.1, -0.05) is 18.2 Å². The summed E-state index contributed by atoms with van der Waals surface area (Å²) in [5.74, 6) is -0.541. The van der Waals surface area contributed by atoms with Crippen LogP contribution in [0.2, 0.25) is 0 Å². The average molecular weight is 493 g/mol. The lowest BCUT2D eigenvalue weighted by Gasteiger charge is -2.35. The number of amides is 2. The van der Waals surface area contributed by atoms with Crippen LogP contribution in [0.15, 0.2) is 48.5 Å². The SMILES string of the molecule is N#Cc1cccc2c1Nc1nnc(N3CCN(C(=O)c4ccccc4C(F)(F)F)CC3)cc1C(=O)N2. The number of nitrogens with zero attached hydrogens (tertiary/aromatic N) is 5. The summed E-state index contributed by atoms with van der Waals surface area (Å²) >= 11 is 0. The molecule has 182 valence electrons. The van der Waals surface area contributed by atoms with Gasteiger partial charge in [0.05, 0.1) is 33.6 Å². The number of nitriles is 1. The van der Waals surface area contributed by atoms with Gasteiger partial charge in [-0.05, 0) is 30.3 Å². The van der Waals surface area contributed by atoms with E-state index in [1.54, 1.807) is 29.2 Å². The number of hydrogen-bond acceptors (Lipinski definition) is 7. The van der Waals surface area contributed by atoms with E-state index in [0.29, 0.717) is 35.8 Å². The molecular weight excluding hydrogens is 475 g/mol. The molecule has 3 heterocycles. The average Bonchev–Trinajstić information content (AvgIpc) is 3.03. The molecule has 0 radical (unpaired) electrons. The van der Waals surface area contributed by atoms with Gasteiger partial charge in [0.2, 0.25) is 0 Å². The van der Waals surface area contributed by atoms with E-state index in [4.69, 9.17) is 0 Å². The van der Waals surface area contributed by atoms with Gasteiger partial charge in [-0.3, -0.25) is 9.59 Å². The number of para-hydroxylation sites is 1. The third-order valence-electron chi connectivity index (χ3n) is 6.06. The molecule has 2 N–H and O–H groups in total. The smallest absolute Gasteiger partial charge is 0.352 e. The highest BCUT2D eigenvalue weighted by Crippen LogP contribution is 2.35. The van der Waals surface area contributed by atoms with Crippen molar-refractivity contribution >= 4 is 34.8 Å². The number of benzene rings is 2. The number of rotatable bonds is 2. The first-order valence-corrected chi connectivity index (χ1v) is 11.0. The predicted molar refractivity (Wildman–Crippen MR) is 124 cm³/mol. The zero-order valence-electron chi connectivity index (χ0n) is 18.6. The first-order chi connectivity index (χ1) is 17.3. The number of anilines is 4. The van der Waals surface area contributed by atoms with Crippen LogP contribution in [0.3, 0.4) is 0 Å². The molecule has 1 fully saturated rings. The Hall–Kier alpha value is -4.66. The molecule has 2 aliphatic rings. The molecule has 2 aromatic carbocycles. The van der Waals surface area contributed by atoms with Gasteiger partial charge in [-0.25, -0.2) is 0 Å². The second-order valence-electron chi connectivity index (χ2n) is 8.21. The van der Waals surface area contributed by atoms with Crippen LogP contribution in [0.25, 0.3) is 0 Å². The van der Waals surface area contributed by atoms with Crippen molar-refractivity contribution in [2.75, 3.05) is 41.7 Å². The van der Waals surface area contributed by atoms with E-state index in [1.165, 1.54) is 23.1 Å². The fourth-order valence-electron chi connectivity index (χ4n) is 4.22. The molecule has 5 rings (SSSR count). The van der Waals surface area contributed by atoms with E-state index < -0.39 is 23.6 Å². The molecule has 1 aromatic heterocycles. The van der Waals surface area contributed by atoms with Crippen LogP contribution in [0.1, 0.15) is 31.8 Å². The van der Waals surface area contributed by atoms with Crippen molar-refractivity contribution in [3.63, 3.8) is 0 Å². The highest BCUT2D eigenvalue weighted by Gasteiger charge is 2.36. The molecule has 1 saturated heterocycles. The Morgan fingerprint density at radius 3 is 2.47 bits per heavy atom. The third kappa shape index (κ3) is 4.15. The maximum Gasteiger partial charge on any atom is 0.417 e. The summed E-state index contributed by atoms with van der Waals surface area (Å²) < 4.78 is 40.0. The van der Waals surface area contributed by atoms with Crippen LogP contribution in [0.5, 0.6) is 0 Å². The summed E-state index contributed by atoms with van der Waals surface area (Å²) in [5.41, 5.74) is 0.0535. The molecule has 12 heteroatoms. The normalized spacial score (nSPS) is 15.1. The lowest BCUT2D eigenvalue weighted by Crippen LogP contribution is -2.49. The Morgan fingerprint density at radius 2 is 1.75 bits per heavy atom. The van der Waals surface area contributed by atoms with Gasteiger partial charge in [-0.2, -0.15) is 18.4 Å². The lowest BCUT2D eigenvalue weighted by molar-refractivity contribution is -0.138. The summed E-state index contributed by atoms with van der Waals surface area (Å²) in [7, 11) is 0. The van der Waals surface area contributed by atoms with Crippen LogP contribution in [0, 0.1) is 11.3 Å². The van der Waals surface area contributed by atoms with Gasteiger partial charge in [0.25, 0.3) is 11.8 Å². The Labute approximate surface area is 203 Å². The number of aromatic nitrogens is 2. The Morgan fingerprint density at radius 1 is 1.00 bits per heavy atom. The molecular formula is C24H18F3N7O2. The minimum Gasteiger partial charge on any atom is -0.352 e. The number of alkyl halides is 3. The molecule has 36 heavy (non-hydrogen) atoms. The summed E-state index contributed by atoms with van der Waals surface area (Å²) in [6, 6.07) is 13.3.